The summed E-state index contributed by atoms with van der Waals surface area (Å²) in [5.74, 6) is 0. The monoisotopic (exact) mass is 420 g/mol. The predicted molar refractivity (Wildman–Crippen MR) is 118 cm³/mol. The molecule has 0 aliphatic carbocycles. The minimum absolute atomic E-state index is 0.0469. The molecule has 30 heavy (non-hydrogen) atoms. The lowest BCUT2D eigenvalue weighted by Crippen LogP contribution is -2.19. The van der Waals surface area contributed by atoms with Gasteiger partial charge in [0.1, 0.15) is 0 Å². The highest BCUT2D eigenvalue weighted by Crippen LogP contribution is 2.27. The van der Waals surface area contributed by atoms with Crippen LogP contribution in [0.3, 0.4) is 0 Å². The first-order valence-corrected chi connectivity index (χ1v) is 10.6. The van der Waals surface area contributed by atoms with E-state index in [1.54, 1.807) is 31.2 Å². The molecular formula is C22H16N2O5S. The normalized spacial score (nSPS) is 12.4. The maximum Gasteiger partial charge on any atom is 0.364 e. The van der Waals surface area contributed by atoms with Crippen molar-refractivity contribution in [2.75, 3.05) is 0 Å². The minimum Gasteiger partial charge on any atom is -0.354 e. The Kier molecular flexibility index (Phi) is 3.71. The van der Waals surface area contributed by atoms with Crippen molar-refractivity contribution in [3.63, 3.8) is 0 Å². The summed E-state index contributed by atoms with van der Waals surface area (Å²) < 4.78 is 35.4. The number of hydrogen-bond donors (Lipinski definition) is 2. The zero-order valence-electron chi connectivity index (χ0n) is 16.1. The molecule has 0 amide bonds. The Bertz CT molecular complexity index is 1780. The summed E-state index contributed by atoms with van der Waals surface area (Å²) in [6.45, 7) is 3.52. The number of aromatic nitrogens is 2. The number of aryl methyl sites for hydroxylation is 2. The van der Waals surface area contributed by atoms with Crippen molar-refractivity contribution in [3.8, 4) is 0 Å². The van der Waals surface area contributed by atoms with Crippen LogP contribution in [0.15, 0.2) is 58.1 Å². The SMILES string of the molecule is Cc1cccc2c(=O)c3cc4c(cc3[nH]c12)c(=O)c1cccc(C)c1n4S(=O)(=O)O. The van der Waals surface area contributed by atoms with Crippen molar-refractivity contribution in [1.82, 2.24) is 8.96 Å². The topological polar surface area (TPSA) is 109 Å². The van der Waals surface area contributed by atoms with Gasteiger partial charge in [0.15, 0.2) is 10.9 Å². The molecule has 5 rings (SSSR count). The molecular weight excluding hydrogens is 404 g/mol. The maximum absolute atomic E-state index is 13.2. The smallest absolute Gasteiger partial charge is 0.354 e. The van der Waals surface area contributed by atoms with Crippen molar-refractivity contribution in [2.24, 2.45) is 0 Å². The van der Waals surface area contributed by atoms with Crippen LogP contribution in [0, 0.1) is 13.8 Å². The van der Waals surface area contributed by atoms with E-state index in [-0.39, 0.29) is 38.0 Å². The fourth-order valence-corrected chi connectivity index (χ4v) is 5.02. The second-order valence-corrected chi connectivity index (χ2v) is 8.67. The highest BCUT2D eigenvalue weighted by Gasteiger charge is 2.21. The Morgan fingerprint density at radius 1 is 0.833 bits per heavy atom. The molecule has 0 spiro atoms. The molecule has 0 radical (unpaired) electrons. The van der Waals surface area contributed by atoms with Crippen LogP contribution in [0.25, 0.3) is 43.6 Å². The summed E-state index contributed by atoms with van der Waals surface area (Å²) >= 11 is 0. The van der Waals surface area contributed by atoms with Crippen molar-refractivity contribution < 1.29 is 13.0 Å². The van der Waals surface area contributed by atoms with Gasteiger partial charge >= 0.3 is 10.3 Å². The summed E-state index contributed by atoms with van der Waals surface area (Å²) in [4.78, 5) is 29.5. The van der Waals surface area contributed by atoms with E-state index in [9.17, 15) is 22.6 Å². The van der Waals surface area contributed by atoms with Gasteiger partial charge in [0, 0.05) is 21.5 Å². The van der Waals surface area contributed by atoms with Gasteiger partial charge in [-0.2, -0.15) is 8.42 Å². The number of hydrogen-bond acceptors (Lipinski definition) is 4. The molecule has 8 heteroatoms. The lowest BCUT2D eigenvalue weighted by molar-refractivity contribution is 0.476. The average Bonchev–Trinajstić information content (AvgIpc) is 2.68. The average molecular weight is 420 g/mol. The third kappa shape index (κ3) is 2.44. The van der Waals surface area contributed by atoms with Crippen molar-refractivity contribution in [2.45, 2.75) is 13.8 Å². The Hall–Kier alpha value is -3.49. The van der Waals surface area contributed by atoms with E-state index in [0.717, 1.165) is 9.54 Å². The van der Waals surface area contributed by atoms with E-state index in [1.165, 1.54) is 18.2 Å². The number of aromatic amines is 1. The summed E-state index contributed by atoms with van der Waals surface area (Å²) in [5, 5.41) is 0.936. The lowest BCUT2D eigenvalue weighted by atomic mass is 10.0. The molecule has 5 aromatic rings. The molecule has 0 fully saturated rings. The van der Waals surface area contributed by atoms with Gasteiger partial charge < -0.3 is 4.98 Å². The van der Waals surface area contributed by atoms with Gasteiger partial charge in [-0.15, -0.1) is 0 Å². The van der Waals surface area contributed by atoms with E-state index in [0.29, 0.717) is 22.0 Å². The fraction of sp³-hybridized carbons (Fsp3) is 0.0909. The zero-order valence-corrected chi connectivity index (χ0v) is 16.9. The zero-order chi connectivity index (χ0) is 21.4. The molecule has 150 valence electrons. The maximum atomic E-state index is 13.2. The standard InChI is InChI=1S/C22H16N2O5S/c1-11-5-3-7-13-19(11)23-17-9-16-18(10-15(17)21(13)25)24(30(27,28)29)20-12(2)6-4-8-14(20)22(16)26/h3-10H,1-2H3,(H,23,25)(H,27,28,29). The lowest BCUT2D eigenvalue weighted by Gasteiger charge is -2.15. The first-order valence-electron chi connectivity index (χ1n) is 9.20. The predicted octanol–water partition coefficient (Wildman–Crippen LogP) is 3.42. The van der Waals surface area contributed by atoms with Crippen LogP contribution in [0.2, 0.25) is 0 Å². The number of rotatable bonds is 1. The first kappa shape index (κ1) is 18.5. The van der Waals surface area contributed by atoms with Crippen LogP contribution >= 0.6 is 0 Å². The number of nitrogens with zero attached hydrogens (tertiary/aromatic N) is 1. The van der Waals surface area contributed by atoms with E-state index in [4.69, 9.17) is 0 Å². The molecule has 0 bridgehead atoms. The van der Waals surface area contributed by atoms with Gasteiger partial charge in [0.25, 0.3) is 0 Å². The number of pyridine rings is 2. The molecule has 0 atom stereocenters. The summed E-state index contributed by atoms with van der Waals surface area (Å²) in [7, 11) is -4.76. The quantitative estimate of drug-likeness (QED) is 0.319. The van der Waals surface area contributed by atoms with Crippen LogP contribution in [-0.2, 0) is 10.3 Å². The molecule has 2 N–H and O–H groups in total. The molecule has 0 saturated heterocycles. The number of H-pyrrole nitrogens is 1. The van der Waals surface area contributed by atoms with Crippen LogP contribution in [-0.4, -0.2) is 21.9 Å². The highest BCUT2D eigenvalue weighted by atomic mass is 32.2. The summed E-state index contributed by atoms with van der Waals surface area (Å²) in [6.07, 6.45) is 0. The number of nitrogens with one attached hydrogen (secondary N) is 1. The van der Waals surface area contributed by atoms with E-state index in [1.807, 2.05) is 13.0 Å². The largest absolute Gasteiger partial charge is 0.364 e. The van der Waals surface area contributed by atoms with Crippen LogP contribution < -0.4 is 10.9 Å². The van der Waals surface area contributed by atoms with Crippen molar-refractivity contribution >= 4 is 53.9 Å². The number of para-hydroxylation sites is 2. The molecule has 2 aromatic heterocycles. The summed E-state index contributed by atoms with van der Waals surface area (Å²) in [6, 6.07) is 13.0. The third-order valence-corrected chi connectivity index (χ3v) is 6.38. The molecule has 0 aliphatic rings. The van der Waals surface area contributed by atoms with Gasteiger partial charge in [-0.1, -0.05) is 24.3 Å². The minimum atomic E-state index is -4.76. The second-order valence-electron chi connectivity index (χ2n) is 7.41. The van der Waals surface area contributed by atoms with Crippen molar-refractivity contribution in [3.05, 3.63) is 80.1 Å². The van der Waals surface area contributed by atoms with Crippen LogP contribution in [0.4, 0.5) is 0 Å². The van der Waals surface area contributed by atoms with Gasteiger partial charge in [0.05, 0.1) is 22.1 Å². The first-order chi connectivity index (χ1) is 14.2. The Morgan fingerprint density at radius 2 is 1.47 bits per heavy atom. The van der Waals surface area contributed by atoms with Gasteiger partial charge in [-0.05, 0) is 49.2 Å². The fourth-order valence-electron chi connectivity index (χ4n) is 4.15. The number of benzene rings is 3. The number of fused-ring (bicyclic) bond motifs is 4. The molecule has 0 unspecified atom stereocenters. The Labute approximate surface area is 170 Å². The van der Waals surface area contributed by atoms with Gasteiger partial charge in [0.2, 0.25) is 0 Å². The third-order valence-electron chi connectivity index (χ3n) is 5.54. The Balaban J connectivity index is 2.15. The van der Waals surface area contributed by atoms with Crippen molar-refractivity contribution in [1.29, 1.82) is 0 Å². The van der Waals surface area contributed by atoms with E-state index in [2.05, 4.69) is 4.98 Å². The van der Waals surface area contributed by atoms with E-state index < -0.39 is 10.3 Å². The van der Waals surface area contributed by atoms with Crippen LogP contribution in [0.5, 0.6) is 0 Å². The molecule has 2 heterocycles. The van der Waals surface area contributed by atoms with Gasteiger partial charge in [-0.3, -0.25) is 14.1 Å². The molecule has 0 aliphatic heterocycles. The van der Waals surface area contributed by atoms with E-state index >= 15 is 0 Å². The highest BCUT2D eigenvalue weighted by molar-refractivity contribution is 7.84. The second kappa shape index (κ2) is 6.01. The molecule has 0 saturated carbocycles. The van der Waals surface area contributed by atoms with Gasteiger partial charge in [-0.25, -0.2) is 3.97 Å². The molecule has 3 aromatic carbocycles. The summed E-state index contributed by atoms with van der Waals surface area (Å²) in [5.41, 5.74) is 1.82. The Morgan fingerprint density at radius 3 is 2.17 bits per heavy atom. The van der Waals surface area contributed by atoms with Crippen LogP contribution in [0.1, 0.15) is 11.1 Å². The molecule has 7 nitrogen and oxygen atoms in total.